The van der Waals surface area contributed by atoms with E-state index in [2.05, 4.69) is 12.0 Å². The molecule has 2 rings (SSSR count). The molecule has 0 spiro atoms. The van der Waals surface area contributed by atoms with E-state index in [0.717, 1.165) is 31.4 Å². The van der Waals surface area contributed by atoms with Crippen molar-refractivity contribution >= 4 is 11.6 Å². The van der Waals surface area contributed by atoms with Crippen LogP contribution in [0.1, 0.15) is 38.3 Å². The Bertz CT molecular complexity index is 334. The smallest absolute Gasteiger partial charge is 0.108 e. The van der Waals surface area contributed by atoms with Gasteiger partial charge in [-0.05, 0) is 31.6 Å². The van der Waals surface area contributed by atoms with Gasteiger partial charge in [0.15, 0.2) is 0 Å². The van der Waals surface area contributed by atoms with Crippen LogP contribution in [0, 0.1) is 5.92 Å². The van der Waals surface area contributed by atoms with E-state index >= 15 is 0 Å². The lowest BCUT2D eigenvalue weighted by atomic mass is 9.78. The van der Waals surface area contributed by atoms with E-state index in [1.54, 1.807) is 10.9 Å². The van der Waals surface area contributed by atoms with Crippen LogP contribution in [-0.2, 0) is 12.6 Å². The molecule has 1 N–H and O–H groups in total. The molecule has 0 aliphatic heterocycles. The van der Waals surface area contributed by atoms with Crippen LogP contribution in [0.4, 0.5) is 0 Å². The summed E-state index contributed by atoms with van der Waals surface area (Å²) in [4.78, 5) is 0. The van der Waals surface area contributed by atoms with Gasteiger partial charge in [0.1, 0.15) is 5.60 Å². The molecule has 1 saturated carbocycles. The van der Waals surface area contributed by atoms with E-state index in [0.29, 0.717) is 10.9 Å². The highest BCUT2D eigenvalue weighted by molar-refractivity contribution is 6.31. The van der Waals surface area contributed by atoms with E-state index in [1.807, 2.05) is 7.05 Å². The first-order chi connectivity index (χ1) is 7.03. The first-order valence-electron chi connectivity index (χ1n) is 5.43. The van der Waals surface area contributed by atoms with E-state index in [-0.39, 0.29) is 0 Å². The summed E-state index contributed by atoms with van der Waals surface area (Å²) in [6.45, 7) is 2.23. The minimum atomic E-state index is -0.769. The Hall–Kier alpha value is -0.540. The number of halogens is 1. The first-order valence-corrected chi connectivity index (χ1v) is 5.81. The molecule has 0 amide bonds. The van der Waals surface area contributed by atoms with Gasteiger partial charge in [-0.1, -0.05) is 18.5 Å². The molecule has 15 heavy (non-hydrogen) atoms. The standard InChI is InChI=1S/C11H17ClN2O/c1-8-3-5-11(15,6-4-8)10-9(12)7-13-14(10)2/h7-8,15H,3-6H2,1-2H3. The van der Waals surface area contributed by atoms with Gasteiger partial charge in [-0.25, -0.2) is 0 Å². The van der Waals surface area contributed by atoms with Crippen molar-refractivity contribution in [3.63, 3.8) is 0 Å². The van der Waals surface area contributed by atoms with Crippen molar-refractivity contribution in [1.82, 2.24) is 9.78 Å². The van der Waals surface area contributed by atoms with Crippen molar-refractivity contribution in [2.24, 2.45) is 13.0 Å². The Kier molecular flexibility index (Phi) is 2.77. The molecule has 0 bridgehead atoms. The number of hydrogen-bond acceptors (Lipinski definition) is 2. The Morgan fingerprint density at radius 1 is 1.53 bits per heavy atom. The third-order valence-corrected chi connectivity index (χ3v) is 3.71. The first kappa shape index (κ1) is 11.0. The van der Waals surface area contributed by atoms with Gasteiger partial charge in [-0.2, -0.15) is 5.10 Å². The van der Waals surface area contributed by atoms with E-state index in [4.69, 9.17) is 11.6 Å². The van der Waals surface area contributed by atoms with Crippen LogP contribution in [0.5, 0.6) is 0 Å². The molecule has 1 aromatic rings. The molecule has 0 saturated heterocycles. The van der Waals surface area contributed by atoms with E-state index < -0.39 is 5.60 Å². The van der Waals surface area contributed by atoms with E-state index in [9.17, 15) is 5.11 Å². The van der Waals surface area contributed by atoms with Crippen molar-refractivity contribution in [3.8, 4) is 0 Å². The van der Waals surface area contributed by atoms with Crippen LogP contribution in [0.3, 0.4) is 0 Å². The second-order valence-electron chi connectivity index (χ2n) is 4.68. The zero-order valence-electron chi connectivity index (χ0n) is 9.20. The van der Waals surface area contributed by atoms with E-state index in [1.165, 1.54) is 0 Å². The number of aryl methyl sites for hydroxylation is 1. The molecule has 1 aliphatic carbocycles. The van der Waals surface area contributed by atoms with Gasteiger partial charge < -0.3 is 5.11 Å². The Morgan fingerprint density at radius 3 is 2.60 bits per heavy atom. The van der Waals surface area contributed by atoms with Gasteiger partial charge in [-0.3, -0.25) is 4.68 Å². The maximum Gasteiger partial charge on any atom is 0.108 e. The SMILES string of the molecule is CC1CCC(O)(c2c(Cl)cnn2C)CC1. The maximum absolute atomic E-state index is 10.6. The minimum Gasteiger partial charge on any atom is -0.384 e. The summed E-state index contributed by atoms with van der Waals surface area (Å²) in [6.07, 6.45) is 5.28. The Labute approximate surface area is 95.0 Å². The number of nitrogens with zero attached hydrogens (tertiary/aromatic N) is 2. The fourth-order valence-electron chi connectivity index (χ4n) is 2.41. The second-order valence-corrected chi connectivity index (χ2v) is 5.09. The predicted molar refractivity (Wildman–Crippen MR) is 59.7 cm³/mol. The maximum atomic E-state index is 10.6. The molecule has 1 heterocycles. The third-order valence-electron chi connectivity index (χ3n) is 3.44. The summed E-state index contributed by atoms with van der Waals surface area (Å²) in [5.74, 6) is 0.706. The van der Waals surface area contributed by atoms with Crippen molar-refractivity contribution in [3.05, 3.63) is 16.9 Å². The van der Waals surface area contributed by atoms with Crippen LogP contribution < -0.4 is 0 Å². The number of aromatic nitrogens is 2. The fourth-order valence-corrected chi connectivity index (χ4v) is 2.75. The average Bonchev–Trinajstić information content (AvgIpc) is 2.52. The Morgan fingerprint density at radius 2 is 2.13 bits per heavy atom. The molecular formula is C11H17ClN2O. The van der Waals surface area contributed by atoms with Crippen molar-refractivity contribution < 1.29 is 5.11 Å². The summed E-state index contributed by atoms with van der Waals surface area (Å²) < 4.78 is 1.69. The highest BCUT2D eigenvalue weighted by Crippen LogP contribution is 2.41. The zero-order chi connectivity index (χ0) is 11.1. The number of aliphatic hydroxyl groups is 1. The summed E-state index contributed by atoms with van der Waals surface area (Å²) in [5.41, 5.74) is 0.00513. The lowest BCUT2D eigenvalue weighted by Gasteiger charge is -2.35. The largest absolute Gasteiger partial charge is 0.384 e. The van der Waals surface area contributed by atoms with Gasteiger partial charge in [-0.15, -0.1) is 0 Å². The molecule has 0 unspecified atom stereocenters. The van der Waals surface area contributed by atoms with Gasteiger partial charge in [0.05, 0.1) is 16.9 Å². The molecule has 0 aromatic carbocycles. The lowest BCUT2D eigenvalue weighted by molar-refractivity contribution is -0.0187. The highest BCUT2D eigenvalue weighted by Gasteiger charge is 2.37. The van der Waals surface area contributed by atoms with Crippen LogP contribution in [0.25, 0.3) is 0 Å². The molecule has 1 aromatic heterocycles. The van der Waals surface area contributed by atoms with Crippen molar-refractivity contribution in [1.29, 1.82) is 0 Å². The summed E-state index contributed by atoms with van der Waals surface area (Å²) in [6, 6.07) is 0. The van der Waals surface area contributed by atoms with Gasteiger partial charge >= 0.3 is 0 Å². The summed E-state index contributed by atoms with van der Waals surface area (Å²) in [5, 5.41) is 15.2. The molecule has 3 nitrogen and oxygen atoms in total. The van der Waals surface area contributed by atoms with Crippen molar-refractivity contribution in [2.45, 2.75) is 38.2 Å². The normalized spacial score (nSPS) is 31.9. The number of rotatable bonds is 1. The quantitative estimate of drug-likeness (QED) is 0.802. The molecule has 1 aliphatic rings. The second kappa shape index (κ2) is 3.80. The van der Waals surface area contributed by atoms with Crippen molar-refractivity contribution in [2.75, 3.05) is 0 Å². The highest BCUT2D eigenvalue weighted by atomic mass is 35.5. The monoisotopic (exact) mass is 228 g/mol. The Balaban J connectivity index is 2.30. The molecule has 1 fully saturated rings. The minimum absolute atomic E-state index is 0.578. The summed E-state index contributed by atoms with van der Waals surface area (Å²) in [7, 11) is 1.83. The van der Waals surface area contributed by atoms with Gasteiger partial charge in [0.25, 0.3) is 0 Å². The number of hydrogen-bond donors (Lipinski definition) is 1. The van der Waals surface area contributed by atoms with Crippen LogP contribution >= 0.6 is 11.6 Å². The van der Waals surface area contributed by atoms with Gasteiger partial charge in [0.2, 0.25) is 0 Å². The molecule has 84 valence electrons. The van der Waals surface area contributed by atoms with Gasteiger partial charge in [0, 0.05) is 7.05 Å². The molecule has 0 radical (unpaired) electrons. The predicted octanol–water partition coefficient (Wildman–Crippen LogP) is 2.47. The summed E-state index contributed by atoms with van der Waals surface area (Å²) >= 11 is 6.06. The molecule has 4 heteroatoms. The van der Waals surface area contributed by atoms with Crippen LogP contribution in [0.2, 0.25) is 5.02 Å². The topological polar surface area (TPSA) is 38.1 Å². The lowest BCUT2D eigenvalue weighted by Crippen LogP contribution is -2.33. The molecule has 0 atom stereocenters. The molecular weight excluding hydrogens is 212 g/mol. The zero-order valence-corrected chi connectivity index (χ0v) is 9.96. The third kappa shape index (κ3) is 1.91. The van der Waals surface area contributed by atoms with Crippen LogP contribution in [0.15, 0.2) is 6.20 Å². The van der Waals surface area contributed by atoms with Crippen LogP contribution in [-0.4, -0.2) is 14.9 Å². The fraction of sp³-hybridized carbons (Fsp3) is 0.727. The average molecular weight is 229 g/mol.